The predicted molar refractivity (Wildman–Crippen MR) is 71.8 cm³/mol. The van der Waals surface area contributed by atoms with Gasteiger partial charge in [-0.1, -0.05) is 12.1 Å². The Kier molecular flexibility index (Phi) is 2.85. The molecule has 1 N–H and O–H groups in total. The third kappa shape index (κ3) is 2.02. The van der Waals surface area contributed by atoms with Gasteiger partial charge in [0.1, 0.15) is 0 Å². The van der Waals surface area contributed by atoms with Crippen molar-refractivity contribution in [2.45, 2.75) is 13.0 Å². The van der Waals surface area contributed by atoms with Crippen molar-refractivity contribution in [1.29, 1.82) is 0 Å². The van der Waals surface area contributed by atoms with E-state index in [0.717, 1.165) is 30.0 Å². The molecule has 92 valence electrons. The largest absolute Gasteiger partial charge is 0.312 e. The minimum Gasteiger partial charge on any atom is -0.312 e. The Morgan fingerprint density at radius 3 is 3.00 bits per heavy atom. The van der Waals surface area contributed by atoms with Gasteiger partial charge in [0.15, 0.2) is 0 Å². The first-order chi connectivity index (χ1) is 8.74. The third-order valence-electron chi connectivity index (χ3n) is 3.08. The molecule has 4 nitrogen and oxygen atoms in total. The molecule has 0 saturated carbocycles. The topological polar surface area (TPSA) is 55.2 Å². The summed E-state index contributed by atoms with van der Waals surface area (Å²) < 4.78 is 0. The Morgan fingerprint density at radius 1 is 1.33 bits per heavy atom. The SMILES string of the molecule is O=[N+]([O-])c1cccc(-c2cc3c(s2)CCNC3)c1. The average molecular weight is 260 g/mol. The highest BCUT2D eigenvalue weighted by molar-refractivity contribution is 7.15. The van der Waals surface area contributed by atoms with Crippen LogP contribution in [0.25, 0.3) is 10.4 Å². The molecule has 1 aromatic carbocycles. The van der Waals surface area contributed by atoms with Crippen molar-refractivity contribution in [3.8, 4) is 10.4 Å². The van der Waals surface area contributed by atoms with Crippen LogP contribution in [0.15, 0.2) is 30.3 Å². The van der Waals surface area contributed by atoms with Crippen LogP contribution in [0.5, 0.6) is 0 Å². The fraction of sp³-hybridized carbons (Fsp3) is 0.231. The molecular formula is C13H12N2O2S. The van der Waals surface area contributed by atoms with Crippen molar-refractivity contribution in [1.82, 2.24) is 5.32 Å². The lowest BCUT2D eigenvalue weighted by Crippen LogP contribution is -2.21. The second-order valence-electron chi connectivity index (χ2n) is 4.29. The Hall–Kier alpha value is -1.72. The van der Waals surface area contributed by atoms with E-state index in [-0.39, 0.29) is 10.6 Å². The van der Waals surface area contributed by atoms with Gasteiger partial charge in [-0.2, -0.15) is 0 Å². The molecule has 1 aliphatic heterocycles. The first-order valence-electron chi connectivity index (χ1n) is 5.81. The van der Waals surface area contributed by atoms with Crippen molar-refractivity contribution in [3.63, 3.8) is 0 Å². The lowest BCUT2D eigenvalue weighted by Gasteiger charge is -2.10. The van der Waals surface area contributed by atoms with E-state index in [9.17, 15) is 10.1 Å². The molecule has 2 heterocycles. The lowest BCUT2D eigenvalue weighted by atomic mass is 10.1. The summed E-state index contributed by atoms with van der Waals surface area (Å²) in [5.74, 6) is 0. The number of hydrogen-bond acceptors (Lipinski definition) is 4. The van der Waals surface area contributed by atoms with E-state index in [0.29, 0.717) is 0 Å². The van der Waals surface area contributed by atoms with E-state index in [1.54, 1.807) is 23.5 Å². The van der Waals surface area contributed by atoms with Crippen LogP contribution >= 0.6 is 11.3 Å². The molecule has 0 amide bonds. The molecule has 1 aliphatic rings. The molecule has 2 aromatic rings. The van der Waals surface area contributed by atoms with Gasteiger partial charge >= 0.3 is 0 Å². The monoisotopic (exact) mass is 260 g/mol. The number of nitro groups is 1. The van der Waals surface area contributed by atoms with Crippen molar-refractivity contribution in [2.24, 2.45) is 0 Å². The summed E-state index contributed by atoms with van der Waals surface area (Å²) in [5.41, 5.74) is 2.41. The zero-order valence-electron chi connectivity index (χ0n) is 9.68. The van der Waals surface area contributed by atoms with Crippen LogP contribution in [0, 0.1) is 10.1 Å². The van der Waals surface area contributed by atoms with Gasteiger partial charge in [-0.05, 0) is 23.6 Å². The fourth-order valence-corrected chi connectivity index (χ4v) is 3.35. The predicted octanol–water partition coefficient (Wildman–Crippen LogP) is 2.97. The highest BCUT2D eigenvalue weighted by Crippen LogP contribution is 2.34. The van der Waals surface area contributed by atoms with Crippen molar-refractivity contribution >= 4 is 17.0 Å². The Morgan fingerprint density at radius 2 is 2.22 bits per heavy atom. The molecule has 3 rings (SSSR count). The highest BCUT2D eigenvalue weighted by Gasteiger charge is 2.15. The molecule has 0 spiro atoms. The van der Waals surface area contributed by atoms with Gasteiger partial charge in [0.2, 0.25) is 0 Å². The summed E-state index contributed by atoms with van der Waals surface area (Å²) in [4.78, 5) is 12.9. The summed E-state index contributed by atoms with van der Waals surface area (Å²) >= 11 is 1.75. The maximum absolute atomic E-state index is 10.8. The maximum atomic E-state index is 10.8. The van der Waals surface area contributed by atoms with Crippen molar-refractivity contribution in [2.75, 3.05) is 6.54 Å². The number of benzene rings is 1. The Balaban J connectivity index is 2.01. The van der Waals surface area contributed by atoms with Gasteiger partial charge in [0, 0.05) is 35.0 Å². The third-order valence-corrected chi connectivity index (χ3v) is 4.37. The normalized spacial score (nSPS) is 14.2. The first-order valence-corrected chi connectivity index (χ1v) is 6.63. The molecule has 0 radical (unpaired) electrons. The van der Waals surface area contributed by atoms with E-state index < -0.39 is 0 Å². The van der Waals surface area contributed by atoms with Crippen molar-refractivity contribution in [3.05, 3.63) is 50.9 Å². The molecule has 1 aromatic heterocycles. The summed E-state index contributed by atoms with van der Waals surface area (Å²) in [5, 5.41) is 14.1. The van der Waals surface area contributed by atoms with Crippen LogP contribution in [0.1, 0.15) is 10.4 Å². The molecule has 0 atom stereocenters. The van der Waals surface area contributed by atoms with E-state index in [1.807, 2.05) is 6.07 Å². The number of non-ortho nitro benzene ring substituents is 1. The standard InChI is InChI=1S/C13H12N2O2S/c16-15(17)11-3-1-2-9(6-11)13-7-10-8-14-5-4-12(10)18-13/h1-3,6-7,14H,4-5,8H2. The van der Waals surface area contributed by atoms with E-state index in [4.69, 9.17) is 0 Å². The minimum absolute atomic E-state index is 0.150. The number of fused-ring (bicyclic) bond motifs is 1. The molecule has 18 heavy (non-hydrogen) atoms. The Bertz CT molecular complexity index is 583. The Labute approximate surface area is 108 Å². The van der Waals surface area contributed by atoms with Crippen LogP contribution in [0.4, 0.5) is 5.69 Å². The number of nitrogens with one attached hydrogen (secondary N) is 1. The van der Waals surface area contributed by atoms with Crippen LogP contribution in [0.2, 0.25) is 0 Å². The van der Waals surface area contributed by atoms with Crippen LogP contribution in [-0.2, 0) is 13.0 Å². The second kappa shape index (κ2) is 4.51. The van der Waals surface area contributed by atoms with E-state index in [2.05, 4.69) is 11.4 Å². The number of nitrogens with zero attached hydrogens (tertiary/aromatic N) is 1. The fourth-order valence-electron chi connectivity index (χ4n) is 2.17. The highest BCUT2D eigenvalue weighted by atomic mass is 32.1. The molecular weight excluding hydrogens is 248 g/mol. The second-order valence-corrected chi connectivity index (χ2v) is 5.43. The van der Waals surface area contributed by atoms with Gasteiger partial charge in [0.25, 0.3) is 5.69 Å². The van der Waals surface area contributed by atoms with Gasteiger partial charge < -0.3 is 5.32 Å². The molecule has 0 saturated heterocycles. The lowest BCUT2D eigenvalue weighted by molar-refractivity contribution is -0.384. The maximum Gasteiger partial charge on any atom is 0.270 e. The number of hydrogen-bond donors (Lipinski definition) is 1. The first kappa shape index (κ1) is 11.4. The molecule has 0 aliphatic carbocycles. The summed E-state index contributed by atoms with van der Waals surface area (Å²) in [7, 11) is 0. The van der Waals surface area contributed by atoms with Crippen LogP contribution < -0.4 is 5.32 Å². The summed E-state index contributed by atoms with van der Waals surface area (Å²) in [6.07, 6.45) is 1.05. The van der Waals surface area contributed by atoms with Gasteiger partial charge in [-0.25, -0.2) is 0 Å². The number of nitro benzene ring substituents is 1. The van der Waals surface area contributed by atoms with Crippen LogP contribution in [0.3, 0.4) is 0 Å². The quantitative estimate of drug-likeness (QED) is 0.667. The molecule has 0 fully saturated rings. The summed E-state index contributed by atoms with van der Waals surface area (Å²) in [6, 6.07) is 8.98. The number of thiophene rings is 1. The zero-order chi connectivity index (χ0) is 12.5. The molecule has 5 heteroatoms. The van der Waals surface area contributed by atoms with Crippen LogP contribution in [-0.4, -0.2) is 11.5 Å². The van der Waals surface area contributed by atoms with E-state index >= 15 is 0 Å². The van der Waals surface area contributed by atoms with Gasteiger partial charge in [0.05, 0.1) is 4.92 Å². The number of rotatable bonds is 2. The van der Waals surface area contributed by atoms with Crippen molar-refractivity contribution < 1.29 is 4.92 Å². The minimum atomic E-state index is -0.349. The average Bonchev–Trinajstić information content (AvgIpc) is 2.82. The van der Waals surface area contributed by atoms with Gasteiger partial charge in [-0.3, -0.25) is 10.1 Å². The molecule has 0 bridgehead atoms. The zero-order valence-corrected chi connectivity index (χ0v) is 10.5. The molecule has 0 unspecified atom stereocenters. The van der Waals surface area contributed by atoms with Gasteiger partial charge in [-0.15, -0.1) is 11.3 Å². The van der Waals surface area contributed by atoms with E-state index in [1.165, 1.54) is 16.5 Å². The smallest absolute Gasteiger partial charge is 0.270 e. The summed E-state index contributed by atoms with van der Waals surface area (Å²) in [6.45, 7) is 1.92.